The van der Waals surface area contributed by atoms with Gasteiger partial charge in [-0.05, 0) is 62.3 Å². The molecule has 6 nitrogen and oxygen atoms in total. The zero-order valence-corrected chi connectivity index (χ0v) is 21.1. The first-order chi connectivity index (χ1) is 17.6. The Morgan fingerprint density at radius 2 is 1.78 bits per heavy atom. The van der Waals surface area contributed by atoms with E-state index < -0.39 is 5.92 Å². The number of carbonyl (C=O) groups excluding carboxylic acids is 2. The minimum absolute atomic E-state index is 0.0259. The number of carbonyl (C=O) groups is 2. The molecule has 0 radical (unpaired) electrons. The van der Waals surface area contributed by atoms with Crippen LogP contribution in [0.25, 0.3) is 0 Å². The third kappa shape index (κ3) is 4.77. The van der Waals surface area contributed by atoms with E-state index in [0.29, 0.717) is 30.1 Å². The molecule has 1 N–H and O–H groups in total. The van der Waals surface area contributed by atoms with Gasteiger partial charge in [-0.2, -0.15) is 0 Å². The van der Waals surface area contributed by atoms with Gasteiger partial charge in [0.15, 0.2) is 17.3 Å². The van der Waals surface area contributed by atoms with E-state index in [1.54, 1.807) is 7.11 Å². The smallest absolute Gasteiger partial charge is 0.252 e. The lowest BCUT2D eigenvalue weighted by Crippen LogP contribution is -2.42. The SMILES string of the molecule is COc1cc([C@@H]2C(C(=O)N3CCCCC3)=C(C)NC3=C2C(=O)CCC3)ccc1OCc1ccccc1. The number of hydrogen-bond donors (Lipinski definition) is 1. The normalized spacial score (nSPS) is 20.1. The number of amides is 1. The lowest BCUT2D eigenvalue weighted by Gasteiger charge is -2.37. The molecule has 2 heterocycles. The number of ketones is 1. The molecule has 2 aliphatic heterocycles. The number of nitrogens with zero attached hydrogens (tertiary/aromatic N) is 1. The number of benzene rings is 2. The zero-order chi connectivity index (χ0) is 25.1. The molecule has 188 valence electrons. The van der Waals surface area contributed by atoms with Gasteiger partial charge in [-0.3, -0.25) is 9.59 Å². The van der Waals surface area contributed by atoms with Gasteiger partial charge < -0.3 is 19.7 Å². The highest BCUT2D eigenvalue weighted by atomic mass is 16.5. The summed E-state index contributed by atoms with van der Waals surface area (Å²) in [5, 5.41) is 3.43. The maximum atomic E-state index is 13.8. The van der Waals surface area contributed by atoms with Crippen LogP contribution in [-0.2, 0) is 16.2 Å². The third-order valence-electron chi connectivity index (χ3n) is 7.41. The van der Waals surface area contributed by atoms with E-state index in [0.717, 1.165) is 73.3 Å². The Labute approximate surface area is 213 Å². The largest absolute Gasteiger partial charge is 0.493 e. The van der Waals surface area contributed by atoms with Gasteiger partial charge >= 0.3 is 0 Å². The first kappa shape index (κ1) is 24.2. The molecule has 2 aromatic rings. The van der Waals surface area contributed by atoms with E-state index in [1.165, 1.54) is 0 Å². The van der Waals surface area contributed by atoms with Gasteiger partial charge in [-0.25, -0.2) is 0 Å². The molecular weight excluding hydrogens is 452 g/mol. The maximum Gasteiger partial charge on any atom is 0.252 e. The number of rotatable bonds is 6. The Bertz CT molecular complexity index is 1210. The molecule has 5 rings (SSSR count). The van der Waals surface area contributed by atoms with Crippen LogP contribution in [-0.4, -0.2) is 36.8 Å². The topological polar surface area (TPSA) is 67.9 Å². The Morgan fingerprint density at radius 3 is 2.53 bits per heavy atom. The number of likely N-dealkylation sites (tertiary alicyclic amines) is 1. The molecular formula is C30H34N2O4. The monoisotopic (exact) mass is 486 g/mol. The second-order valence-corrected chi connectivity index (χ2v) is 9.80. The third-order valence-corrected chi connectivity index (χ3v) is 7.41. The summed E-state index contributed by atoms with van der Waals surface area (Å²) in [4.78, 5) is 29.0. The number of hydrogen-bond acceptors (Lipinski definition) is 5. The van der Waals surface area contributed by atoms with Gasteiger partial charge in [-0.1, -0.05) is 36.4 Å². The second kappa shape index (κ2) is 10.6. The quantitative estimate of drug-likeness (QED) is 0.604. The van der Waals surface area contributed by atoms with E-state index in [1.807, 2.05) is 60.4 Å². The van der Waals surface area contributed by atoms with Gasteiger partial charge in [0, 0.05) is 48.0 Å². The molecule has 2 aromatic carbocycles. The van der Waals surface area contributed by atoms with Crippen molar-refractivity contribution in [2.75, 3.05) is 20.2 Å². The van der Waals surface area contributed by atoms with Crippen molar-refractivity contribution < 1.29 is 19.1 Å². The fraction of sp³-hybridized carbons (Fsp3) is 0.400. The van der Waals surface area contributed by atoms with E-state index in [9.17, 15) is 9.59 Å². The van der Waals surface area contributed by atoms with Gasteiger partial charge in [-0.15, -0.1) is 0 Å². The summed E-state index contributed by atoms with van der Waals surface area (Å²) >= 11 is 0. The Hall–Kier alpha value is -3.54. The van der Waals surface area contributed by atoms with E-state index in [2.05, 4.69) is 5.32 Å². The van der Waals surface area contributed by atoms with Crippen LogP contribution in [0.2, 0.25) is 0 Å². The molecule has 3 aliphatic rings. The van der Waals surface area contributed by atoms with Crippen LogP contribution in [0, 0.1) is 0 Å². The average molecular weight is 487 g/mol. The fourth-order valence-electron chi connectivity index (χ4n) is 5.59. The summed E-state index contributed by atoms with van der Waals surface area (Å²) < 4.78 is 11.8. The van der Waals surface area contributed by atoms with Gasteiger partial charge in [0.2, 0.25) is 0 Å². The predicted molar refractivity (Wildman–Crippen MR) is 139 cm³/mol. The van der Waals surface area contributed by atoms with Crippen molar-refractivity contribution in [2.45, 2.75) is 58.0 Å². The van der Waals surface area contributed by atoms with E-state index in [-0.39, 0.29) is 11.7 Å². The molecule has 0 unspecified atom stereocenters. The summed E-state index contributed by atoms with van der Waals surface area (Å²) in [6.45, 7) is 3.91. The van der Waals surface area contributed by atoms with E-state index in [4.69, 9.17) is 9.47 Å². The molecule has 1 atom stereocenters. The number of allylic oxidation sites excluding steroid dienone is 3. The standard InChI is InChI=1S/C30H34N2O4/c1-20-27(30(34)32-16-7-4-8-17-32)28(29-23(31-20)12-9-13-24(29)33)22-14-15-25(26(18-22)35-2)36-19-21-10-5-3-6-11-21/h3,5-6,10-11,14-15,18,28,31H,4,7-9,12-13,16-17,19H2,1-2H3/t28-/m1/s1. The van der Waals surface area contributed by atoms with Crippen molar-refractivity contribution in [1.29, 1.82) is 0 Å². The van der Waals surface area contributed by atoms with Crippen molar-refractivity contribution in [3.63, 3.8) is 0 Å². The Kier molecular flexibility index (Phi) is 7.12. The van der Waals surface area contributed by atoms with Gasteiger partial charge in [0.1, 0.15) is 6.61 Å². The molecule has 0 bridgehead atoms. The molecule has 0 saturated carbocycles. The lowest BCUT2D eigenvalue weighted by atomic mass is 9.74. The average Bonchev–Trinajstić information content (AvgIpc) is 2.92. The predicted octanol–water partition coefficient (Wildman–Crippen LogP) is 5.25. The number of piperidine rings is 1. The molecule has 36 heavy (non-hydrogen) atoms. The van der Waals surface area contributed by atoms with Crippen molar-refractivity contribution >= 4 is 11.7 Å². The Balaban J connectivity index is 1.52. The lowest BCUT2D eigenvalue weighted by molar-refractivity contribution is -0.128. The number of dihydropyridines is 1. The molecule has 1 amide bonds. The number of Topliss-reactive ketones (excluding diaryl/α,β-unsaturated/α-hetero) is 1. The highest BCUT2D eigenvalue weighted by Crippen LogP contribution is 2.44. The molecule has 0 aromatic heterocycles. The minimum atomic E-state index is -0.416. The summed E-state index contributed by atoms with van der Waals surface area (Å²) in [5.41, 5.74) is 5.14. The van der Waals surface area contributed by atoms with Crippen molar-refractivity contribution in [3.05, 3.63) is 82.2 Å². The molecule has 1 fully saturated rings. The van der Waals surface area contributed by atoms with Crippen molar-refractivity contribution in [1.82, 2.24) is 10.2 Å². The first-order valence-corrected chi connectivity index (χ1v) is 12.9. The molecule has 6 heteroatoms. The molecule has 0 spiro atoms. The fourth-order valence-corrected chi connectivity index (χ4v) is 5.59. The highest BCUT2D eigenvalue weighted by molar-refractivity contribution is 6.05. The van der Waals surface area contributed by atoms with Gasteiger partial charge in [0.05, 0.1) is 7.11 Å². The van der Waals surface area contributed by atoms with Crippen LogP contribution in [0.15, 0.2) is 71.1 Å². The molecule has 1 saturated heterocycles. The maximum absolute atomic E-state index is 13.8. The van der Waals surface area contributed by atoms with Crippen LogP contribution in [0.5, 0.6) is 11.5 Å². The van der Waals surface area contributed by atoms with Crippen LogP contribution in [0.4, 0.5) is 0 Å². The summed E-state index contributed by atoms with van der Waals surface area (Å²) in [6.07, 6.45) is 5.34. The zero-order valence-electron chi connectivity index (χ0n) is 21.1. The van der Waals surface area contributed by atoms with Crippen LogP contribution < -0.4 is 14.8 Å². The van der Waals surface area contributed by atoms with Crippen molar-refractivity contribution in [2.24, 2.45) is 0 Å². The first-order valence-electron chi connectivity index (χ1n) is 12.9. The number of ether oxygens (including phenoxy) is 2. The Morgan fingerprint density at radius 1 is 1.00 bits per heavy atom. The summed E-state index contributed by atoms with van der Waals surface area (Å²) in [6, 6.07) is 15.8. The number of methoxy groups -OCH3 is 1. The highest BCUT2D eigenvalue weighted by Gasteiger charge is 2.40. The van der Waals surface area contributed by atoms with Crippen LogP contribution in [0.3, 0.4) is 0 Å². The summed E-state index contributed by atoms with van der Waals surface area (Å²) in [7, 11) is 1.62. The van der Waals surface area contributed by atoms with Crippen LogP contribution >= 0.6 is 0 Å². The molecule has 1 aliphatic carbocycles. The second-order valence-electron chi connectivity index (χ2n) is 9.80. The van der Waals surface area contributed by atoms with E-state index >= 15 is 0 Å². The summed E-state index contributed by atoms with van der Waals surface area (Å²) in [5.74, 6) is 0.953. The number of nitrogens with one attached hydrogen (secondary N) is 1. The van der Waals surface area contributed by atoms with Crippen molar-refractivity contribution in [3.8, 4) is 11.5 Å². The minimum Gasteiger partial charge on any atom is -0.493 e. The van der Waals surface area contributed by atoms with Crippen LogP contribution in [0.1, 0.15) is 62.5 Å². The van der Waals surface area contributed by atoms with Gasteiger partial charge in [0.25, 0.3) is 5.91 Å².